The van der Waals surface area contributed by atoms with Gasteiger partial charge in [-0.15, -0.1) is 0 Å². The fourth-order valence-corrected chi connectivity index (χ4v) is 2.23. The number of rotatable bonds is 6. The fraction of sp³-hybridized carbons (Fsp3) is 0. The fourth-order valence-electron chi connectivity index (χ4n) is 2.23. The van der Waals surface area contributed by atoms with Crippen LogP contribution in [0.15, 0.2) is 72.8 Å². The van der Waals surface area contributed by atoms with Gasteiger partial charge in [0.1, 0.15) is 0 Å². The van der Waals surface area contributed by atoms with E-state index in [9.17, 15) is 59.4 Å². The first-order chi connectivity index (χ1) is 16.8. The van der Waals surface area contributed by atoms with Crippen molar-refractivity contribution in [2.24, 2.45) is 0 Å². The van der Waals surface area contributed by atoms with Gasteiger partial charge in [-0.05, 0) is 33.4 Å². The predicted molar refractivity (Wildman–Crippen MR) is 105 cm³/mol. The quantitative estimate of drug-likeness (QED) is 0.228. The Kier molecular flexibility index (Phi) is 18.3. The topological polar surface area (TPSA) is 241 Å². The van der Waals surface area contributed by atoms with E-state index in [1.807, 2.05) is 0 Å². The Hall–Kier alpha value is -2.65. The summed E-state index contributed by atoms with van der Waals surface area (Å²) in [6.07, 6.45) is 0. The summed E-state index contributed by atoms with van der Waals surface area (Å²) in [6.45, 7) is 0. The molecule has 0 amide bonds. The third-order valence-electron chi connectivity index (χ3n) is 4.07. The van der Waals surface area contributed by atoms with Crippen molar-refractivity contribution in [3.63, 3.8) is 0 Å². The molecular weight excluding hydrogens is 791 g/mol. The normalized spacial score (nSPS) is 8.84. The number of hydrogen-bond donors (Lipinski definition) is 0. The summed E-state index contributed by atoms with van der Waals surface area (Å²) in [5, 5.41) is 61.2. The number of carboxylic acids is 6. The van der Waals surface area contributed by atoms with Crippen molar-refractivity contribution in [1.82, 2.24) is 0 Å². The van der Waals surface area contributed by atoms with Crippen LogP contribution >= 0.6 is 0 Å². The Balaban J connectivity index is 0. The molecule has 0 radical (unpaired) electrons. The Morgan fingerprint density at radius 3 is 0.447 bits per heavy atom. The minimum absolute atomic E-state index is 0. The Morgan fingerprint density at radius 2 is 0.395 bits per heavy atom. The minimum Gasteiger partial charge on any atom is -0.545 e. The molecule has 0 heterocycles. The summed E-state index contributed by atoms with van der Waals surface area (Å²) in [5.41, 5.74) is -0.333. The molecule has 38 heavy (non-hydrogen) atoms. The molecule has 0 N–H and O–H groups in total. The van der Waals surface area contributed by atoms with Crippen LogP contribution in [0.4, 0.5) is 0 Å². The number of carbonyl (C=O) groups is 6. The van der Waals surface area contributed by atoms with E-state index in [-0.39, 0.29) is 121 Å². The van der Waals surface area contributed by atoms with Gasteiger partial charge in [0.15, 0.2) is 0 Å². The first kappa shape index (κ1) is 37.5. The Morgan fingerprint density at radius 1 is 0.316 bits per heavy atom. The van der Waals surface area contributed by atoms with E-state index in [0.717, 1.165) is 72.8 Å². The summed E-state index contributed by atoms with van der Waals surface area (Å²) in [4.78, 5) is 61.2. The van der Waals surface area contributed by atoms with Crippen molar-refractivity contribution >= 4 is 35.8 Å². The second-order valence-electron chi connectivity index (χ2n) is 6.46. The molecule has 3 rings (SSSR count). The molecule has 0 unspecified atom stereocenters. The zero-order valence-corrected chi connectivity index (χ0v) is 23.1. The molecule has 0 saturated heterocycles. The smallest absolute Gasteiger partial charge is 0.545 e. The molecule has 0 spiro atoms. The van der Waals surface area contributed by atoms with Gasteiger partial charge in [0, 0.05) is 0 Å². The molecule has 12 nitrogen and oxygen atoms in total. The molecule has 196 valence electrons. The van der Waals surface area contributed by atoms with Gasteiger partial charge in [0.05, 0.1) is 35.8 Å². The van der Waals surface area contributed by atoms with Gasteiger partial charge in [0.25, 0.3) is 0 Å². The Bertz CT molecular complexity index is 1010. The first-order valence-corrected chi connectivity index (χ1v) is 9.41. The van der Waals surface area contributed by atoms with E-state index >= 15 is 0 Å². The maximum Gasteiger partial charge on any atom is 3.00 e. The van der Waals surface area contributed by atoms with Crippen LogP contribution in [0.5, 0.6) is 0 Å². The molecule has 14 heteroatoms. The van der Waals surface area contributed by atoms with Gasteiger partial charge in [-0.2, -0.15) is 0 Å². The maximum atomic E-state index is 10.2. The molecule has 0 aliphatic carbocycles. The van der Waals surface area contributed by atoms with Crippen LogP contribution in [-0.2, 0) is 0 Å². The van der Waals surface area contributed by atoms with Crippen LogP contribution in [0.1, 0.15) is 62.1 Å². The third kappa shape index (κ3) is 13.2. The molecule has 0 aliphatic heterocycles. The third-order valence-corrected chi connectivity index (χ3v) is 4.07. The van der Waals surface area contributed by atoms with Crippen LogP contribution in [0.25, 0.3) is 0 Å². The summed E-state index contributed by atoms with van der Waals surface area (Å²) in [5.74, 6) is -8.00. The largest absolute Gasteiger partial charge is 3.00 e. The molecule has 0 bridgehead atoms. The predicted octanol–water partition coefficient (Wildman–Crippen LogP) is -4.76. The van der Waals surface area contributed by atoms with Gasteiger partial charge in [-0.3, -0.25) is 0 Å². The number of aromatic carboxylic acids is 6. The van der Waals surface area contributed by atoms with Crippen LogP contribution in [0, 0.1) is 88.0 Å². The molecule has 0 saturated carbocycles. The van der Waals surface area contributed by atoms with Crippen molar-refractivity contribution in [3.05, 3.63) is 106 Å². The monoisotopic (exact) mass is 804 g/mol. The summed E-state index contributed by atoms with van der Waals surface area (Å²) >= 11 is 0. The molecule has 0 aromatic heterocycles. The van der Waals surface area contributed by atoms with Crippen molar-refractivity contribution in [2.75, 3.05) is 0 Å². The average molecular weight is 803 g/mol. The standard InChI is InChI=1S/3C8H6O4.Eu.Tb/c3*9-7(10)5-1-2-6(4-3-5)8(11)12;;/h3*1-4H,(H,9,10)(H,11,12);;/q;;;2*+3/p-6. The zero-order valence-electron chi connectivity index (χ0n) is 18.5. The van der Waals surface area contributed by atoms with E-state index in [1.54, 1.807) is 0 Å². The van der Waals surface area contributed by atoms with Crippen LogP contribution in [0.2, 0.25) is 0 Å². The first-order valence-electron chi connectivity index (χ1n) is 9.41. The van der Waals surface area contributed by atoms with Crippen molar-refractivity contribution < 1.29 is 147 Å². The summed E-state index contributed by atoms with van der Waals surface area (Å²) < 4.78 is 0. The van der Waals surface area contributed by atoms with Gasteiger partial charge in [-0.25, -0.2) is 0 Å². The Labute approximate surface area is 285 Å². The molecule has 0 atom stereocenters. The zero-order chi connectivity index (χ0) is 27.4. The van der Waals surface area contributed by atoms with E-state index in [1.165, 1.54) is 0 Å². The van der Waals surface area contributed by atoms with E-state index < -0.39 is 35.8 Å². The van der Waals surface area contributed by atoms with Gasteiger partial charge < -0.3 is 59.4 Å². The summed E-state index contributed by atoms with van der Waals surface area (Å²) in [7, 11) is 0. The number of hydrogen-bond acceptors (Lipinski definition) is 12. The second-order valence-corrected chi connectivity index (χ2v) is 6.46. The van der Waals surface area contributed by atoms with Gasteiger partial charge in [0.2, 0.25) is 0 Å². The number of benzene rings is 3. The van der Waals surface area contributed by atoms with E-state index in [0.29, 0.717) is 0 Å². The second kappa shape index (κ2) is 18.6. The van der Waals surface area contributed by atoms with E-state index in [2.05, 4.69) is 0 Å². The van der Waals surface area contributed by atoms with Crippen molar-refractivity contribution in [2.45, 2.75) is 0 Å². The summed E-state index contributed by atoms with van der Waals surface area (Å²) in [6, 6.07) is 13.8. The van der Waals surface area contributed by atoms with Gasteiger partial charge >= 0.3 is 88.0 Å². The molecule has 0 fully saturated rings. The molecule has 0 aliphatic rings. The van der Waals surface area contributed by atoms with Crippen LogP contribution in [0.3, 0.4) is 0 Å². The van der Waals surface area contributed by atoms with Gasteiger partial charge in [-0.1, -0.05) is 72.8 Å². The molecular formula is C24H12EuO12Tb. The number of carboxylic acid groups (broad SMARTS) is 6. The maximum absolute atomic E-state index is 10.2. The van der Waals surface area contributed by atoms with Crippen LogP contribution < -0.4 is 30.6 Å². The number of carbonyl (C=O) groups excluding carboxylic acids is 6. The SMILES string of the molecule is O=C([O-])c1ccc(C(=O)[O-])cc1.O=C([O-])c1ccc(C(=O)[O-])cc1.O=C([O-])c1ccc(C(=O)[O-])cc1.[Eu+3].[Tb+3]. The molecule has 3 aromatic rings. The minimum atomic E-state index is -1.33. The average Bonchev–Trinajstić information content (AvgIpc) is 2.84. The van der Waals surface area contributed by atoms with Crippen molar-refractivity contribution in [1.29, 1.82) is 0 Å². The van der Waals surface area contributed by atoms with Crippen molar-refractivity contribution in [3.8, 4) is 0 Å². The molecule has 3 aromatic carbocycles. The van der Waals surface area contributed by atoms with E-state index in [4.69, 9.17) is 0 Å². The van der Waals surface area contributed by atoms with Crippen LogP contribution in [-0.4, -0.2) is 35.8 Å².